The summed E-state index contributed by atoms with van der Waals surface area (Å²) in [4.78, 5) is 7.99. The fourth-order valence-electron chi connectivity index (χ4n) is 3.21. The summed E-state index contributed by atoms with van der Waals surface area (Å²) in [6.07, 6.45) is 0. The minimum atomic E-state index is -3.75. The zero-order chi connectivity index (χ0) is 20.0. The zero-order valence-corrected chi connectivity index (χ0v) is 16.3. The van der Waals surface area contributed by atoms with Crippen LogP contribution in [0.3, 0.4) is 0 Å². The van der Waals surface area contributed by atoms with E-state index >= 15 is 0 Å². The first-order valence-corrected chi connectivity index (χ1v) is 10.5. The molecule has 0 unspecified atom stereocenters. The van der Waals surface area contributed by atoms with Gasteiger partial charge in [0.15, 0.2) is 11.5 Å². The van der Waals surface area contributed by atoms with E-state index in [-0.39, 0.29) is 11.7 Å². The SMILES string of the molecule is Cc1ccc2nc(-c3ccc(NS(=O)(=O)c4ccc5c(c4)OCO5)cc3)[nH]c2c1. The molecule has 0 bridgehead atoms. The van der Waals surface area contributed by atoms with Crippen molar-refractivity contribution in [2.45, 2.75) is 11.8 Å². The molecule has 0 aliphatic carbocycles. The van der Waals surface area contributed by atoms with Crippen molar-refractivity contribution < 1.29 is 17.9 Å². The van der Waals surface area contributed by atoms with Gasteiger partial charge in [0.2, 0.25) is 6.79 Å². The van der Waals surface area contributed by atoms with Crippen LogP contribution in [-0.4, -0.2) is 25.2 Å². The molecular weight excluding hydrogens is 390 g/mol. The topological polar surface area (TPSA) is 93.3 Å². The molecule has 146 valence electrons. The van der Waals surface area contributed by atoms with Gasteiger partial charge in [0, 0.05) is 17.3 Å². The number of aryl methyl sites for hydroxylation is 1. The van der Waals surface area contributed by atoms with E-state index in [0.29, 0.717) is 17.2 Å². The molecule has 7 nitrogen and oxygen atoms in total. The predicted molar refractivity (Wildman–Crippen MR) is 110 cm³/mol. The molecule has 0 radical (unpaired) electrons. The number of benzene rings is 3. The Hall–Kier alpha value is -3.52. The molecule has 4 aromatic rings. The highest BCUT2D eigenvalue weighted by atomic mass is 32.2. The lowest BCUT2D eigenvalue weighted by molar-refractivity contribution is 0.174. The van der Waals surface area contributed by atoms with Crippen LogP contribution in [0.2, 0.25) is 0 Å². The molecule has 5 rings (SSSR count). The number of rotatable bonds is 4. The molecule has 0 fully saturated rings. The van der Waals surface area contributed by atoms with Crippen molar-refractivity contribution in [2.75, 3.05) is 11.5 Å². The second kappa shape index (κ2) is 6.52. The number of hydrogen-bond acceptors (Lipinski definition) is 5. The third-order valence-electron chi connectivity index (χ3n) is 4.70. The number of sulfonamides is 1. The molecule has 1 aliphatic heterocycles. The summed E-state index contributed by atoms with van der Waals surface area (Å²) in [7, 11) is -3.75. The van der Waals surface area contributed by atoms with Crippen molar-refractivity contribution in [3.8, 4) is 22.9 Å². The largest absolute Gasteiger partial charge is 0.454 e. The molecule has 0 amide bonds. The van der Waals surface area contributed by atoms with Gasteiger partial charge >= 0.3 is 0 Å². The van der Waals surface area contributed by atoms with Crippen molar-refractivity contribution in [3.05, 3.63) is 66.2 Å². The lowest BCUT2D eigenvalue weighted by Gasteiger charge is -2.09. The number of aromatic nitrogens is 2. The maximum atomic E-state index is 12.7. The third kappa shape index (κ3) is 3.27. The van der Waals surface area contributed by atoms with Crippen LogP contribution in [0.25, 0.3) is 22.4 Å². The van der Waals surface area contributed by atoms with E-state index < -0.39 is 10.0 Å². The number of hydrogen-bond donors (Lipinski definition) is 2. The van der Waals surface area contributed by atoms with Crippen molar-refractivity contribution in [1.82, 2.24) is 9.97 Å². The molecule has 8 heteroatoms. The van der Waals surface area contributed by atoms with E-state index in [9.17, 15) is 8.42 Å². The summed E-state index contributed by atoms with van der Waals surface area (Å²) < 4.78 is 38.4. The molecule has 0 saturated carbocycles. The smallest absolute Gasteiger partial charge is 0.262 e. The average molecular weight is 407 g/mol. The number of imidazole rings is 1. The Bertz CT molecular complexity index is 1330. The summed E-state index contributed by atoms with van der Waals surface area (Å²) in [6, 6.07) is 17.6. The Balaban J connectivity index is 1.39. The van der Waals surface area contributed by atoms with Crippen LogP contribution in [0.4, 0.5) is 5.69 Å². The minimum absolute atomic E-state index is 0.0923. The first-order chi connectivity index (χ1) is 14.0. The van der Waals surface area contributed by atoms with Gasteiger partial charge in [-0.15, -0.1) is 0 Å². The van der Waals surface area contributed by atoms with Gasteiger partial charge in [0.25, 0.3) is 10.0 Å². The fourth-order valence-corrected chi connectivity index (χ4v) is 4.29. The van der Waals surface area contributed by atoms with Crippen LogP contribution in [0.15, 0.2) is 65.6 Å². The van der Waals surface area contributed by atoms with Crippen molar-refractivity contribution >= 4 is 26.7 Å². The maximum absolute atomic E-state index is 12.7. The molecule has 2 heterocycles. The molecule has 2 N–H and O–H groups in total. The quantitative estimate of drug-likeness (QED) is 0.532. The monoisotopic (exact) mass is 407 g/mol. The Morgan fingerprint density at radius 1 is 0.966 bits per heavy atom. The number of aromatic amines is 1. The highest BCUT2D eigenvalue weighted by molar-refractivity contribution is 7.92. The van der Waals surface area contributed by atoms with Crippen LogP contribution in [-0.2, 0) is 10.0 Å². The molecule has 1 aromatic heterocycles. The third-order valence-corrected chi connectivity index (χ3v) is 6.08. The number of nitrogens with zero attached hydrogens (tertiary/aromatic N) is 1. The highest BCUT2D eigenvalue weighted by Gasteiger charge is 2.20. The number of ether oxygens (including phenoxy) is 2. The van der Waals surface area contributed by atoms with E-state index in [1.807, 2.05) is 37.3 Å². The number of anilines is 1. The summed E-state index contributed by atoms with van der Waals surface area (Å²) in [5, 5.41) is 0. The van der Waals surface area contributed by atoms with Crippen LogP contribution < -0.4 is 14.2 Å². The van der Waals surface area contributed by atoms with Gasteiger partial charge in [0.05, 0.1) is 15.9 Å². The van der Waals surface area contributed by atoms with Crippen molar-refractivity contribution in [2.24, 2.45) is 0 Å². The first-order valence-electron chi connectivity index (χ1n) is 8.97. The van der Waals surface area contributed by atoms with Crippen LogP contribution in [0.1, 0.15) is 5.56 Å². The van der Waals surface area contributed by atoms with Gasteiger partial charge in [-0.25, -0.2) is 13.4 Å². The minimum Gasteiger partial charge on any atom is -0.454 e. The second-order valence-corrected chi connectivity index (χ2v) is 8.49. The molecule has 0 saturated heterocycles. The molecule has 29 heavy (non-hydrogen) atoms. The Morgan fingerprint density at radius 3 is 2.59 bits per heavy atom. The van der Waals surface area contributed by atoms with Crippen molar-refractivity contribution in [3.63, 3.8) is 0 Å². The van der Waals surface area contributed by atoms with Gasteiger partial charge in [0.1, 0.15) is 5.82 Å². The lowest BCUT2D eigenvalue weighted by atomic mass is 10.2. The molecular formula is C21H17N3O4S. The van der Waals surface area contributed by atoms with Crippen LogP contribution in [0, 0.1) is 6.92 Å². The highest BCUT2D eigenvalue weighted by Crippen LogP contribution is 2.34. The van der Waals surface area contributed by atoms with E-state index in [4.69, 9.17) is 9.47 Å². The fraction of sp³-hybridized carbons (Fsp3) is 0.0952. The molecule has 0 spiro atoms. The Labute approximate surface area is 167 Å². The number of H-pyrrole nitrogens is 1. The van der Waals surface area contributed by atoms with Crippen LogP contribution in [0.5, 0.6) is 11.5 Å². The van der Waals surface area contributed by atoms with E-state index in [1.165, 1.54) is 12.1 Å². The number of fused-ring (bicyclic) bond motifs is 2. The van der Waals surface area contributed by atoms with Crippen molar-refractivity contribution in [1.29, 1.82) is 0 Å². The van der Waals surface area contributed by atoms with Gasteiger partial charge in [-0.3, -0.25) is 4.72 Å². The van der Waals surface area contributed by atoms with Crippen LogP contribution >= 0.6 is 0 Å². The zero-order valence-electron chi connectivity index (χ0n) is 15.5. The molecule has 1 aliphatic rings. The van der Waals surface area contributed by atoms with Gasteiger partial charge in [-0.2, -0.15) is 0 Å². The van der Waals surface area contributed by atoms with Gasteiger partial charge < -0.3 is 14.5 Å². The van der Waals surface area contributed by atoms with E-state index in [0.717, 1.165) is 28.0 Å². The summed E-state index contributed by atoms with van der Waals surface area (Å²) in [6.45, 7) is 2.12. The standard InChI is InChI=1S/C21H17N3O4S/c1-13-2-8-17-18(10-13)23-21(22-17)14-3-5-15(6-4-14)24-29(25,26)16-7-9-19-20(11-16)28-12-27-19/h2-11,24H,12H2,1H3,(H,22,23). The molecule has 3 aromatic carbocycles. The summed E-state index contributed by atoms with van der Waals surface area (Å²) in [5.41, 5.74) is 4.33. The Morgan fingerprint density at radius 2 is 1.76 bits per heavy atom. The van der Waals surface area contributed by atoms with Gasteiger partial charge in [-0.1, -0.05) is 6.07 Å². The Kier molecular flexibility index (Phi) is 3.95. The van der Waals surface area contributed by atoms with E-state index in [1.54, 1.807) is 18.2 Å². The number of nitrogens with one attached hydrogen (secondary N) is 2. The second-order valence-electron chi connectivity index (χ2n) is 6.80. The summed E-state index contributed by atoms with van der Waals surface area (Å²) in [5.74, 6) is 1.69. The van der Waals surface area contributed by atoms with E-state index in [2.05, 4.69) is 14.7 Å². The lowest BCUT2D eigenvalue weighted by Crippen LogP contribution is -2.12. The predicted octanol–water partition coefficient (Wildman–Crippen LogP) is 4.07. The maximum Gasteiger partial charge on any atom is 0.262 e. The summed E-state index contributed by atoms with van der Waals surface area (Å²) >= 11 is 0. The molecule has 0 atom stereocenters. The average Bonchev–Trinajstić information content (AvgIpc) is 3.34. The van der Waals surface area contributed by atoms with Gasteiger partial charge in [-0.05, 0) is 61.0 Å². The normalized spacial score (nSPS) is 13.0. The first kappa shape index (κ1) is 17.6.